The maximum absolute atomic E-state index is 13.7. The SMILES string of the molecule is CC(C)(C)OC(=O)N1CCC(NC(=O)c2sc3ncnc4c3c2NC(=O)N4c2ccc3c(ccn3Cc3cccc(F)c3)c2)CC1.CN1CCN(Cc2ccc(NC(=O)c3sc4ncnc5c4c3NC(=O)N5c3ccc(OCc4ccccn4)c(Cl)c3)cc2)CC1.O=C(Nc1ccc(CN2CCCCC2)cc1)c1sc2ncnc3c2c1NC(=O)N3c1ccc(OCc2ccccn2)c(Cl)c1. The molecule has 0 radical (unpaired) electrons. The summed E-state index contributed by atoms with van der Waals surface area (Å²) in [6.45, 7) is 15.7. The Morgan fingerprint density at radius 1 is 0.481 bits per heavy atom. The molecule has 6 aromatic carbocycles. The van der Waals surface area contributed by atoms with Gasteiger partial charge in [0.25, 0.3) is 17.7 Å². The second-order valence-electron chi connectivity index (χ2n) is 34.0. The van der Waals surface area contributed by atoms with Crippen LogP contribution in [0.5, 0.6) is 11.5 Å². The smallest absolute Gasteiger partial charge is 0.410 e. The number of nitrogens with zero attached hydrogens (tertiary/aromatic N) is 16. The van der Waals surface area contributed by atoms with Crippen LogP contribution in [-0.2, 0) is 37.6 Å². The monoisotopic (exact) mass is 1910 g/mol. The molecule has 3 saturated heterocycles. The molecule has 6 aliphatic rings. The zero-order valence-corrected chi connectivity index (χ0v) is 77.5. The standard InChI is InChI=1S/C33H32FN7O4S.C32H29ClN8O3S.C32H28ClN7O3S/c1-33(2,3)45-32(44)39-13-10-22(11-14-39)37-29(42)27-26-25-28(35-18-36-30(25)46-27)41(31(43)38-26)23-7-8-24-20(16-23)9-12-40(24)17-19-5-4-6-21(34)15-19;1-39-12-14-40(15-13-39)17-20-5-7-21(8-6-20)37-30(42)28-27-26-29(35-19-36-31(26)45-28)41(32(43)38-27)23-9-10-25(24(33)16-23)44-18-22-4-2-3-11-34-22;33-24-16-23(11-12-25(24)43-18-22-6-2-3-13-34-22)40-29-26-27(38-32(40)42)28(44-31(26)36-19-35-29)30(41)37-21-9-7-20(8-10-21)17-39-14-4-1-5-15-39/h4-9,12,15-16,18,22H,10-11,13-14,17H2,1-3H3,(H,37,42)(H,38,43);2-11,16,19H,12-15,17-18H2,1H3,(H,37,42)(H,38,43);2-3,6-13,16,19H,1,4-5,14-15,17-18H2,(H,37,41)(H,38,42). The van der Waals surface area contributed by atoms with Crippen LogP contribution in [-0.4, -0.2) is 177 Å². The van der Waals surface area contributed by atoms with Crippen molar-refractivity contribution in [3.63, 3.8) is 0 Å². The van der Waals surface area contributed by atoms with E-state index in [1.165, 1.54) is 110 Å². The predicted molar refractivity (Wildman–Crippen MR) is 522 cm³/mol. The van der Waals surface area contributed by atoms with Crippen molar-refractivity contribution in [1.82, 2.24) is 69.4 Å². The number of nitrogens with one attached hydrogen (secondary N) is 6. The molecule has 3 fully saturated rings. The fourth-order valence-corrected chi connectivity index (χ4v) is 20.3. The first-order valence-corrected chi connectivity index (χ1v) is 47.1. The minimum Gasteiger partial charge on any atom is -0.486 e. The topological polar surface area (TPSA) is 350 Å². The maximum atomic E-state index is 13.7. The quantitative estimate of drug-likeness (QED) is 0.0389. The number of rotatable bonds is 21. The van der Waals surface area contributed by atoms with E-state index < -0.39 is 23.7 Å². The van der Waals surface area contributed by atoms with Crippen LogP contribution in [0.3, 0.4) is 0 Å². The van der Waals surface area contributed by atoms with Gasteiger partial charge in [0.05, 0.1) is 71.7 Å². The molecule has 0 spiro atoms. The molecule has 6 aliphatic heterocycles. The minimum atomic E-state index is -0.573. The van der Waals surface area contributed by atoms with Crippen molar-refractivity contribution in [3.05, 3.63) is 266 Å². The fourth-order valence-electron chi connectivity index (χ4n) is 16.8. The molecule has 15 aromatic rings. The second-order valence-corrected chi connectivity index (χ2v) is 37.9. The first kappa shape index (κ1) is 90.0. The lowest BCUT2D eigenvalue weighted by molar-refractivity contribution is 0.0199. The van der Waals surface area contributed by atoms with Crippen LogP contribution in [0.15, 0.2) is 207 Å². The molecule has 686 valence electrons. The van der Waals surface area contributed by atoms with E-state index in [1.54, 1.807) is 59.8 Å². The number of carbonyl (C=O) groups excluding carboxylic acids is 7. The van der Waals surface area contributed by atoms with Gasteiger partial charge in [-0.2, -0.15) is 0 Å². The Kier molecular flexibility index (Phi) is 26.1. The van der Waals surface area contributed by atoms with E-state index >= 15 is 0 Å². The summed E-state index contributed by atoms with van der Waals surface area (Å²) in [5.74, 6) is 0.779. The average molecular weight is 1910 g/mol. The Bertz CT molecular complexity index is 7050. The highest BCUT2D eigenvalue weighted by Gasteiger charge is 2.40. The minimum absolute atomic E-state index is 0.134. The van der Waals surface area contributed by atoms with Crippen molar-refractivity contribution >= 4 is 204 Å². The summed E-state index contributed by atoms with van der Waals surface area (Å²) in [7, 11) is 2.14. The van der Waals surface area contributed by atoms with Crippen LogP contribution in [0.4, 0.5) is 86.5 Å². The van der Waals surface area contributed by atoms with Gasteiger partial charge in [0.1, 0.15) is 84.2 Å². The Hall–Kier alpha value is -14.2. The van der Waals surface area contributed by atoms with Gasteiger partial charge in [0.15, 0.2) is 17.5 Å². The lowest BCUT2D eigenvalue weighted by Crippen LogP contribution is -2.47. The number of likely N-dealkylation sites (N-methyl/N-ethyl adjacent to an activating group) is 1. The number of urea groups is 3. The molecule has 6 N–H and O–H groups in total. The molecule has 10 amide bonds. The number of fused-ring (bicyclic) bond motifs is 1. The number of piperidine rings is 2. The largest absolute Gasteiger partial charge is 0.486 e. The van der Waals surface area contributed by atoms with E-state index in [0.717, 1.165) is 80.2 Å². The number of benzene rings is 6. The third kappa shape index (κ3) is 19.9. The van der Waals surface area contributed by atoms with Crippen LogP contribution in [0, 0.1) is 5.82 Å². The van der Waals surface area contributed by atoms with E-state index in [-0.39, 0.29) is 48.9 Å². The number of amides is 10. The third-order valence-corrected chi connectivity index (χ3v) is 27.4. The number of pyridine rings is 2. The molecule has 0 atom stereocenters. The predicted octanol–water partition coefficient (Wildman–Crippen LogP) is 19.9. The third-order valence-electron chi connectivity index (χ3n) is 23.5. The molecule has 0 bridgehead atoms. The molecule has 135 heavy (non-hydrogen) atoms. The van der Waals surface area contributed by atoms with Crippen LogP contribution in [0.2, 0.25) is 10.0 Å². The van der Waals surface area contributed by atoms with E-state index in [1.807, 2.05) is 147 Å². The van der Waals surface area contributed by atoms with Crippen LogP contribution >= 0.6 is 57.2 Å². The van der Waals surface area contributed by atoms with Crippen LogP contribution < -0.4 is 56.1 Å². The van der Waals surface area contributed by atoms with Crippen molar-refractivity contribution in [2.45, 2.75) is 97.4 Å². The molecule has 0 saturated carbocycles. The maximum Gasteiger partial charge on any atom is 0.410 e. The number of likely N-dealkylation sites (tertiary alicyclic amines) is 2. The highest BCUT2D eigenvalue weighted by Crippen LogP contribution is 2.50. The Morgan fingerprint density at radius 3 is 1.41 bits per heavy atom. The lowest BCUT2D eigenvalue weighted by Gasteiger charge is -2.33. The van der Waals surface area contributed by atoms with Gasteiger partial charge < -0.3 is 60.5 Å². The van der Waals surface area contributed by atoms with Gasteiger partial charge in [-0.1, -0.05) is 78.2 Å². The average Bonchev–Trinajstić information content (AvgIpc) is 1.62. The van der Waals surface area contributed by atoms with Crippen molar-refractivity contribution in [1.29, 1.82) is 0 Å². The molecular weight excluding hydrogens is 1820 g/mol. The summed E-state index contributed by atoms with van der Waals surface area (Å²) in [6, 6.07) is 49.7. The lowest BCUT2D eigenvalue weighted by atomic mass is 10.1. The number of thiophene rings is 3. The van der Waals surface area contributed by atoms with Crippen molar-refractivity contribution < 1.29 is 52.2 Å². The molecule has 9 aromatic heterocycles. The van der Waals surface area contributed by atoms with Gasteiger partial charge in [-0.15, -0.1) is 34.0 Å². The van der Waals surface area contributed by atoms with Gasteiger partial charge in [-0.05, 0) is 205 Å². The summed E-state index contributed by atoms with van der Waals surface area (Å²) in [5.41, 5.74) is 9.23. The van der Waals surface area contributed by atoms with Gasteiger partial charge in [0, 0.05) is 106 Å². The molecule has 32 nitrogen and oxygen atoms in total. The normalized spacial score (nSPS) is 15.1. The van der Waals surface area contributed by atoms with Crippen LogP contribution in [0.1, 0.15) is 110 Å². The first-order chi connectivity index (χ1) is 65.5. The van der Waals surface area contributed by atoms with Crippen molar-refractivity contribution in [2.24, 2.45) is 0 Å². The number of halogens is 3. The Labute approximate surface area is 795 Å². The van der Waals surface area contributed by atoms with Gasteiger partial charge >= 0.3 is 24.2 Å². The first-order valence-electron chi connectivity index (χ1n) is 43.9. The second kappa shape index (κ2) is 39.1. The number of hydrogen-bond acceptors (Lipinski definition) is 24. The number of ether oxygens (including phenoxy) is 3. The number of carbonyl (C=O) groups is 7. The van der Waals surface area contributed by atoms with E-state index in [9.17, 15) is 38.0 Å². The van der Waals surface area contributed by atoms with Crippen LogP contribution in [0.25, 0.3) is 41.6 Å². The Morgan fingerprint density at radius 2 is 0.948 bits per heavy atom. The van der Waals surface area contributed by atoms with Crippen molar-refractivity contribution in [2.75, 3.05) is 101 Å². The molecular formula is C97H89Cl2FN22O10S3. The number of hydrogen-bond donors (Lipinski definition) is 6. The fraction of sp³-hybridized carbons (Fsp3) is 0.247. The molecule has 15 heterocycles. The van der Waals surface area contributed by atoms with E-state index in [2.05, 4.69) is 93.5 Å². The summed E-state index contributed by atoms with van der Waals surface area (Å²) >= 11 is 16.7. The van der Waals surface area contributed by atoms with Gasteiger partial charge in [-0.3, -0.25) is 34.2 Å². The van der Waals surface area contributed by atoms with Crippen molar-refractivity contribution in [3.8, 4) is 11.5 Å². The van der Waals surface area contributed by atoms with Gasteiger partial charge in [0.2, 0.25) is 0 Å². The number of piperazine rings is 1. The Balaban J connectivity index is 0.000000130. The number of aromatic nitrogens is 9. The zero-order valence-electron chi connectivity index (χ0n) is 73.5. The summed E-state index contributed by atoms with van der Waals surface area (Å²) in [6.07, 6.45) is 14.1. The summed E-state index contributed by atoms with van der Waals surface area (Å²) in [4.78, 5) is 144. The van der Waals surface area contributed by atoms with E-state index in [0.29, 0.717) is 162 Å². The molecule has 38 heteroatoms. The zero-order chi connectivity index (χ0) is 93.1. The number of anilines is 11. The molecule has 21 rings (SSSR count). The van der Waals surface area contributed by atoms with E-state index in [4.69, 9.17) is 37.4 Å². The summed E-state index contributed by atoms with van der Waals surface area (Å²) < 4.78 is 32.9. The van der Waals surface area contributed by atoms with Gasteiger partial charge in [-0.25, -0.2) is 68.2 Å². The highest BCUT2D eigenvalue weighted by atomic mass is 35.5. The summed E-state index contributed by atoms with van der Waals surface area (Å²) in [5, 5.41) is 21.1. The molecule has 0 unspecified atom stereocenters. The molecule has 0 aliphatic carbocycles. The highest BCUT2D eigenvalue weighted by molar-refractivity contribution is 7.22.